The van der Waals surface area contributed by atoms with E-state index in [-0.39, 0.29) is 10.8 Å². The number of halogens is 1. The van der Waals surface area contributed by atoms with Crippen molar-refractivity contribution in [2.45, 2.75) is 64.7 Å². The molecule has 1 aromatic rings. The smallest absolute Gasteiger partial charge is 0.238 e. The number of nitrogens with zero attached hydrogens (tertiary/aromatic N) is 1. The second-order valence-electron chi connectivity index (χ2n) is 8.01. The Labute approximate surface area is 155 Å². The van der Waals surface area contributed by atoms with Crippen LogP contribution in [-0.4, -0.2) is 16.5 Å². The summed E-state index contributed by atoms with van der Waals surface area (Å²) in [7, 11) is 0. The van der Waals surface area contributed by atoms with E-state index in [0.717, 1.165) is 35.0 Å². The maximum Gasteiger partial charge on any atom is 0.238 e. The number of hydrogen-bond acceptors (Lipinski definition) is 2. The number of anilines is 1. The number of hydrogen-bond donors (Lipinski definition) is 0. The summed E-state index contributed by atoms with van der Waals surface area (Å²) in [6.07, 6.45) is 5.80. The molecule has 1 amide bonds. The molecule has 2 aliphatic rings. The minimum atomic E-state index is -0.0595. The molecule has 1 saturated heterocycles. The van der Waals surface area contributed by atoms with E-state index < -0.39 is 0 Å². The van der Waals surface area contributed by atoms with E-state index in [0.29, 0.717) is 11.2 Å². The third-order valence-electron chi connectivity index (χ3n) is 6.32. The van der Waals surface area contributed by atoms with Crippen LogP contribution in [-0.2, 0) is 4.79 Å². The molecule has 0 N–H and O–H groups in total. The SMILES string of the molecule is CCC(C)(C)C1CCC2(CC1)SCC(=O)N2c1ccc(C)c(Cl)c1. The van der Waals surface area contributed by atoms with Crippen LogP contribution in [0.4, 0.5) is 5.69 Å². The number of amides is 1. The lowest BCUT2D eigenvalue weighted by Gasteiger charge is -2.46. The summed E-state index contributed by atoms with van der Waals surface area (Å²) in [5.74, 6) is 1.58. The number of thioether (sulfide) groups is 1. The highest BCUT2D eigenvalue weighted by molar-refractivity contribution is 8.02. The fourth-order valence-corrected chi connectivity index (χ4v) is 5.72. The molecule has 2 nitrogen and oxygen atoms in total. The molecule has 1 aliphatic carbocycles. The predicted molar refractivity (Wildman–Crippen MR) is 105 cm³/mol. The average Bonchev–Trinajstić information content (AvgIpc) is 2.87. The zero-order valence-corrected chi connectivity index (χ0v) is 16.8. The van der Waals surface area contributed by atoms with E-state index >= 15 is 0 Å². The second kappa shape index (κ2) is 6.57. The zero-order chi connectivity index (χ0) is 17.5. The topological polar surface area (TPSA) is 20.3 Å². The summed E-state index contributed by atoms with van der Waals surface area (Å²) >= 11 is 8.16. The molecule has 1 aliphatic heterocycles. The van der Waals surface area contributed by atoms with Crippen molar-refractivity contribution >= 4 is 35.0 Å². The van der Waals surface area contributed by atoms with Crippen molar-refractivity contribution in [2.75, 3.05) is 10.7 Å². The van der Waals surface area contributed by atoms with Gasteiger partial charge in [0.15, 0.2) is 0 Å². The normalized spacial score (nSPS) is 28.0. The van der Waals surface area contributed by atoms with Gasteiger partial charge in [-0.05, 0) is 61.6 Å². The van der Waals surface area contributed by atoms with Crippen molar-refractivity contribution < 1.29 is 4.79 Å². The van der Waals surface area contributed by atoms with Crippen molar-refractivity contribution in [1.82, 2.24) is 0 Å². The van der Waals surface area contributed by atoms with E-state index in [9.17, 15) is 4.79 Å². The number of aryl methyl sites for hydroxylation is 1. The summed E-state index contributed by atoms with van der Waals surface area (Å²) in [4.78, 5) is 14.6. The van der Waals surface area contributed by atoms with Gasteiger partial charge in [-0.25, -0.2) is 0 Å². The highest BCUT2D eigenvalue weighted by atomic mass is 35.5. The van der Waals surface area contributed by atoms with Crippen LogP contribution < -0.4 is 4.90 Å². The third-order valence-corrected chi connectivity index (χ3v) is 8.24. The van der Waals surface area contributed by atoms with Crippen LogP contribution in [0, 0.1) is 18.3 Å². The minimum Gasteiger partial charge on any atom is -0.296 e. The number of benzene rings is 1. The summed E-state index contributed by atoms with van der Waals surface area (Å²) in [5, 5.41) is 0.744. The molecule has 0 unspecified atom stereocenters. The second-order valence-corrected chi connectivity index (χ2v) is 9.76. The van der Waals surface area contributed by atoms with Gasteiger partial charge in [-0.3, -0.25) is 9.69 Å². The fourth-order valence-electron chi connectivity index (χ4n) is 4.16. The summed E-state index contributed by atoms with van der Waals surface area (Å²) < 4.78 is 0. The van der Waals surface area contributed by atoms with Crippen molar-refractivity contribution in [3.8, 4) is 0 Å². The molecule has 4 heteroatoms. The first-order valence-electron chi connectivity index (χ1n) is 9.02. The average molecular weight is 366 g/mol. The van der Waals surface area contributed by atoms with E-state index in [1.165, 1.54) is 19.3 Å². The van der Waals surface area contributed by atoms with Crippen LogP contribution >= 0.6 is 23.4 Å². The summed E-state index contributed by atoms with van der Waals surface area (Å²) in [6.45, 7) is 9.07. The first kappa shape index (κ1) is 18.1. The van der Waals surface area contributed by atoms with Gasteiger partial charge in [0.05, 0.1) is 10.6 Å². The Morgan fingerprint density at radius 2 is 2.00 bits per heavy atom. The first-order valence-corrected chi connectivity index (χ1v) is 10.4. The fraction of sp³-hybridized carbons (Fsp3) is 0.650. The van der Waals surface area contributed by atoms with Crippen LogP contribution in [0.2, 0.25) is 5.02 Å². The van der Waals surface area contributed by atoms with Gasteiger partial charge in [-0.2, -0.15) is 0 Å². The lowest BCUT2D eigenvalue weighted by molar-refractivity contribution is -0.116. The largest absolute Gasteiger partial charge is 0.296 e. The van der Waals surface area contributed by atoms with E-state index in [2.05, 4.69) is 31.7 Å². The molecule has 1 saturated carbocycles. The van der Waals surface area contributed by atoms with Crippen molar-refractivity contribution in [2.24, 2.45) is 11.3 Å². The molecule has 24 heavy (non-hydrogen) atoms. The van der Waals surface area contributed by atoms with Crippen LogP contribution in [0.1, 0.15) is 58.4 Å². The molecular weight excluding hydrogens is 338 g/mol. The van der Waals surface area contributed by atoms with Crippen LogP contribution in [0.5, 0.6) is 0 Å². The van der Waals surface area contributed by atoms with Crippen LogP contribution in [0.15, 0.2) is 18.2 Å². The monoisotopic (exact) mass is 365 g/mol. The molecule has 1 spiro atoms. The number of rotatable bonds is 3. The van der Waals surface area contributed by atoms with Gasteiger partial charge < -0.3 is 0 Å². The molecule has 0 atom stereocenters. The Kier molecular flexibility index (Phi) is 4.96. The Morgan fingerprint density at radius 1 is 1.33 bits per heavy atom. The van der Waals surface area contributed by atoms with Gasteiger partial charge in [0.25, 0.3) is 0 Å². The van der Waals surface area contributed by atoms with Crippen LogP contribution in [0.25, 0.3) is 0 Å². The number of carbonyl (C=O) groups excluding carboxylic acids is 1. The standard InChI is InChI=1S/C20H28ClNOS/c1-5-19(3,4)15-8-10-20(11-9-15)22(18(23)13-24-20)16-7-6-14(2)17(21)12-16/h6-7,12,15H,5,8-11,13H2,1-4H3. The zero-order valence-electron chi connectivity index (χ0n) is 15.2. The summed E-state index contributed by atoms with van der Waals surface area (Å²) in [6, 6.07) is 6.03. The first-order chi connectivity index (χ1) is 11.3. The van der Waals surface area contributed by atoms with Crippen molar-refractivity contribution in [1.29, 1.82) is 0 Å². The van der Waals surface area contributed by atoms with E-state index in [4.69, 9.17) is 11.6 Å². The molecular formula is C20H28ClNOS. The molecule has 2 fully saturated rings. The Morgan fingerprint density at radius 3 is 2.58 bits per heavy atom. The third kappa shape index (κ3) is 3.10. The lowest BCUT2D eigenvalue weighted by Crippen LogP contribution is -2.48. The Hall–Kier alpha value is -0.670. The highest BCUT2D eigenvalue weighted by Crippen LogP contribution is 2.53. The van der Waals surface area contributed by atoms with Gasteiger partial charge in [-0.15, -0.1) is 11.8 Å². The Balaban J connectivity index is 1.85. The lowest BCUT2D eigenvalue weighted by atomic mass is 9.68. The Bertz CT molecular complexity index is 635. The molecule has 3 rings (SSSR count). The van der Waals surface area contributed by atoms with Gasteiger partial charge in [0, 0.05) is 10.7 Å². The van der Waals surface area contributed by atoms with Crippen molar-refractivity contribution in [3.63, 3.8) is 0 Å². The molecule has 0 bridgehead atoms. The van der Waals surface area contributed by atoms with E-state index in [1.54, 1.807) is 0 Å². The summed E-state index contributed by atoms with van der Waals surface area (Å²) in [5.41, 5.74) is 2.42. The van der Waals surface area contributed by atoms with Gasteiger partial charge in [0.2, 0.25) is 5.91 Å². The predicted octanol–water partition coefficient (Wildman–Crippen LogP) is 6.05. The quantitative estimate of drug-likeness (QED) is 0.649. The maximum atomic E-state index is 12.6. The molecule has 0 aromatic heterocycles. The van der Waals surface area contributed by atoms with Gasteiger partial charge in [0.1, 0.15) is 0 Å². The highest BCUT2D eigenvalue weighted by Gasteiger charge is 2.50. The van der Waals surface area contributed by atoms with Crippen LogP contribution in [0.3, 0.4) is 0 Å². The molecule has 0 radical (unpaired) electrons. The van der Waals surface area contributed by atoms with E-state index in [1.807, 2.05) is 30.8 Å². The van der Waals surface area contributed by atoms with Crippen molar-refractivity contribution in [3.05, 3.63) is 28.8 Å². The minimum absolute atomic E-state index is 0.0595. The number of carbonyl (C=O) groups is 1. The molecule has 132 valence electrons. The van der Waals surface area contributed by atoms with Gasteiger partial charge >= 0.3 is 0 Å². The maximum absolute atomic E-state index is 12.6. The van der Waals surface area contributed by atoms with Gasteiger partial charge in [-0.1, -0.05) is 44.9 Å². The molecule has 1 heterocycles. The molecule has 1 aromatic carbocycles.